The molecular weight excluding hydrogens is 280 g/mol. The van der Waals surface area contributed by atoms with E-state index in [4.69, 9.17) is 0 Å². The first kappa shape index (κ1) is 14.1. The van der Waals surface area contributed by atoms with E-state index in [0.717, 1.165) is 0 Å². The number of rotatable bonds is 5. The number of nitrogens with zero attached hydrogens (tertiary/aromatic N) is 1. The highest BCUT2D eigenvalue weighted by atomic mass is 32.2. The molecule has 0 atom stereocenters. The second-order valence-electron chi connectivity index (χ2n) is 3.98. The third-order valence-electron chi connectivity index (χ3n) is 2.52. The van der Waals surface area contributed by atoms with Crippen molar-refractivity contribution in [2.75, 3.05) is 11.3 Å². The monoisotopic (exact) mass is 294 g/mol. The summed E-state index contributed by atoms with van der Waals surface area (Å²) in [5.41, 5.74) is 0.845. The normalized spacial score (nSPS) is 11.1. The number of nitrogens with one attached hydrogen (secondary N) is 3. The first-order valence-corrected chi connectivity index (χ1v) is 7.41. The number of aromatic amines is 1. The van der Waals surface area contributed by atoms with Crippen molar-refractivity contribution in [2.24, 2.45) is 0 Å². The Balaban J connectivity index is 2.14. The van der Waals surface area contributed by atoms with Gasteiger partial charge in [-0.3, -0.25) is 14.6 Å². The van der Waals surface area contributed by atoms with Crippen LogP contribution in [0.15, 0.2) is 41.6 Å². The lowest BCUT2D eigenvalue weighted by Gasteiger charge is -2.07. The predicted octanol–water partition coefficient (Wildman–Crippen LogP) is 0.960. The highest BCUT2D eigenvalue weighted by Crippen LogP contribution is 2.15. The molecule has 0 aliphatic carbocycles. The van der Waals surface area contributed by atoms with Crippen molar-refractivity contribution >= 4 is 21.6 Å². The van der Waals surface area contributed by atoms with Gasteiger partial charge in [0.1, 0.15) is 4.90 Å². The molecule has 0 bridgehead atoms. The van der Waals surface area contributed by atoms with Crippen LogP contribution in [0.3, 0.4) is 0 Å². The summed E-state index contributed by atoms with van der Waals surface area (Å²) in [5.74, 6) is -0.197. The molecule has 0 radical (unpaired) electrons. The lowest BCUT2D eigenvalue weighted by atomic mass is 10.2. The predicted molar refractivity (Wildman–Crippen MR) is 73.8 cm³/mol. The van der Waals surface area contributed by atoms with Crippen molar-refractivity contribution in [3.63, 3.8) is 0 Å². The molecule has 2 rings (SSSR count). The fraction of sp³-hybridized carbons (Fsp3) is 0.167. The van der Waals surface area contributed by atoms with Gasteiger partial charge in [0, 0.05) is 24.0 Å². The van der Waals surface area contributed by atoms with Gasteiger partial charge in [-0.1, -0.05) is 0 Å². The zero-order valence-electron chi connectivity index (χ0n) is 10.8. The molecule has 1 heterocycles. The van der Waals surface area contributed by atoms with Crippen molar-refractivity contribution in [1.29, 1.82) is 0 Å². The molecule has 1 aromatic carbocycles. The van der Waals surface area contributed by atoms with Crippen molar-refractivity contribution in [3.8, 4) is 0 Å². The van der Waals surface area contributed by atoms with Gasteiger partial charge < -0.3 is 5.32 Å². The zero-order valence-corrected chi connectivity index (χ0v) is 11.6. The maximum Gasteiger partial charge on any atom is 0.265 e. The van der Waals surface area contributed by atoms with Gasteiger partial charge in [0.05, 0.1) is 6.20 Å². The molecule has 7 nitrogen and oxygen atoms in total. The molecule has 0 aliphatic rings. The Bertz CT molecular complexity index is 678. The van der Waals surface area contributed by atoms with E-state index in [2.05, 4.69) is 20.2 Å². The van der Waals surface area contributed by atoms with Gasteiger partial charge in [-0.15, -0.1) is 0 Å². The van der Waals surface area contributed by atoms with Crippen LogP contribution in [-0.2, 0) is 10.0 Å². The largest absolute Gasteiger partial charge is 0.352 e. The van der Waals surface area contributed by atoms with Gasteiger partial charge in [0.15, 0.2) is 0 Å². The number of benzene rings is 1. The Hall–Kier alpha value is -2.35. The molecule has 2 aromatic rings. The van der Waals surface area contributed by atoms with Gasteiger partial charge >= 0.3 is 0 Å². The summed E-state index contributed by atoms with van der Waals surface area (Å²) in [7, 11) is -3.66. The second-order valence-corrected chi connectivity index (χ2v) is 5.66. The molecule has 1 amide bonds. The van der Waals surface area contributed by atoms with Crippen LogP contribution in [0.5, 0.6) is 0 Å². The highest BCUT2D eigenvalue weighted by molar-refractivity contribution is 7.92. The summed E-state index contributed by atoms with van der Waals surface area (Å²) in [6.07, 6.45) is 2.50. The Morgan fingerprint density at radius 1 is 1.30 bits per heavy atom. The molecule has 0 spiro atoms. The van der Waals surface area contributed by atoms with Crippen LogP contribution in [0.2, 0.25) is 0 Å². The van der Waals surface area contributed by atoms with Crippen LogP contribution < -0.4 is 10.0 Å². The van der Waals surface area contributed by atoms with E-state index >= 15 is 0 Å². The first-order valence-electron chi connectivity index (χ1n) is 5.93. The number of carbonyl (C=O) groups is 1. The minimum absolute atomic E-state index is 0.0466. The maximum absolute atomic E-state index is 11.9. The smallest absolute Gasteiger partial charge is 0.265 e. The van der Waals surface area contributed by atoms with Crippen LogP contribution in [0.4, 0.5) is 5.69 Å². The number of hydrogen-bond acceptors (Lipinski definition) is 4. The molecule has 0 saturated carbocycles. The third kappa shape index (κ3) is 3.15. The fourth-order valence-electron chi connectivity index (χ4n) is 1.55. The van der Waals surface area contributed by atoms with Crippen LogP contribution in [-0.4, -0.2) is 31.1 Å². The van der Waals surface area contributed by atoms with Crippen LogP contribution in [0, 0.1) is 0 Å². The van der Waals surface area contributed by atoms with E-state index in [0.29, 0.717) is 17.8 Å². The minimum Gasteiger partial charge on any atom is -0.352 e. The summed E-state index contributed by atoms with van der Waals surface area (Å²) in [5, 5.41) is 8.69. The van der Waals surface area contributed by atoms with E-state index in [-0.39, 0.29) is 10.8 Å². The number of sulfonamides is 1. The van der Waals surface area contributed by atoms with Gasteiger partial charge in [-0.05, 0) is 31.2 Å². The lowest BCUT2D eigenvalue weighted by molar-refractivity contribution is 0.0956. The van der Waals surface area contributed by atoms with E-state index in [1.807, 2.05) is 6.92 Å². The summed E-state index contributed by atoms with van der Waals surface area (Å²) >= 11 is 0. The zero-order chi connectivity index (χ0) is 14.6. The second kappa shape index (κ2) is 5.74. The molecule has 0 saturated heterocycles. The molecule has 1 aromatic heterocycles. The van der Waals surface area contributed by atoms with Gasteiger partial charge in [-0.2, -0.15) is 5.10 Å². The van der Waals surface area contributed by atoms with Crippen molar-refractivity contribution in [3.05, 3.63) is 42.2 Å². The highest BCUT2D eigenvalue weighted by Gasteiger charge is 2.15. The van der Waals surface area contributed by atoms with Crippen molar-refractivity contribution < 1.29 is 13.2 Å². The topological polar surface area (TPSA) is 104 Å². The molecule has 3 N–H and O–H groups in total. The Morgan fingerprint density at radius 3 is 2.55 bits per heavy atom. The number of amides is 1. The van der Waals surface area contributed by atoms with Crippen molar-refractivity contribution in [2.45, 2.75) is 11.8 Å². The van der Waals surface area contributed by atoms with E-state index in [9.17, 15) is 13.2 Å². The number of hydrogen-bond donors (Lipinski definition) is 3. The molecular formula is C12H14N4O3S. The van der Waals surface area contributed by atoms with Gasteiger partial charge in [0.25, 0.3) is 15.9 Å². The number of anilines is 1. The molecule has 0 aliphatic heterocycles. The summed E-state index contributed by atoms with van der Waals surface area (Å²) < 4.78 is 26.3. The molecule has 0 unspecified atom stereocenters. The van der Waals surface area contributed by atoms with Crippen LogP contribution in [0.25, 0.3) is 0 Å². The SMILES string of the molecule is CCNC(=O)c1ccc(NS(=O)(=O)c2cn[nH]c2)cc1. The average Bonchev–Trinajstić information content (AvgIpc) is 2.94. The average molecular weight is 294 g/mol. The number of H-pyrrole nitrogens is 1. The van der Waals surface area contributed by atoms with Crippen LogP contribution >= 0.6 is 0 Å². The maximum atomic E-state index is 11.9. The number of carbonyl (C=O) groups excluding carboxylic acids is 1. The summed E-state index contributed by atoms with van der Waals surface area (Å²) in [4.78, 5) is 11.6. The summed E-state index contributed by atoms with van der Waals surface area (Å²) in [6.45, 7) is 2.36. The standard InChI is InChI=1S/C12H14N4O3S/c1-2-13-12(17)9-3-5-10(6-4-9)16-20(18,19)11-7-14-15-8-11/h3-8,16H,2H2,1H3,(H,13,17)(H,14,15). The Kier molecular flexibility index (Phi) is 4.04. The Labute approximate surface area is 116 Å². The molecule has 20 heavy (non-hydrogen) atoms. The summed E-state index contributed by atoms with van der Waals surface area (Å²) in [6, 6.07) is 6.17. The van der Waals surface area contributed by atoms with E-state index < -0.39 is 10.0 Å². The van der Waals surface area contributed by atoms with Gasteiger partial charge in [0.2, 0.25) is 0 Å². The van der Waals surface area contributed by atoms with E-state index in [1.165, 1.54) is 24.5 Å². The molecule has 106 valence electrons. The van der Waals surface area contributed by atoms with E-state index in [1.54, 1.807) is 12.1 Å². The first-order chi connectivity index (χ1) is 9.53. The van der Waals surface area contributed by atoms with Gasteiger partial charge in [-0.25, -0.2) is 8.42 Å². The van der Waals surface area contributed by atoms with Crippen molar-refractivity contribution in [1.82, 2.24) is 15.5 Å². The van der Waals surface area contributed by atoms with Crippen LogP contribution in [0.1, 0.15) is 17.3 Å². The number of aromatic nitrogens is 2. The quantitative estimate of drug-likeness (QED) is 0.764. The molecule has 0 fully saturated rings. The fourth-order valence-corrected chi connectivity index (χ4v) is 2.52. The lowest BCUT2D eigenvalue weighted by Crippen LogP contribution is -2.22. The minimum atomic E-state index is -3.66. The third-order valence-corrected chi connectivity index (χ3v) is 3.87. The Morgan fingerprint density at radius 2 is 2.00 bits per heavy atom. The molecule has 8 heteroatoms.